The fourth-order valence-corrected chi connectivity index (χ4v) is 1.85. The van der Waals surface area contributed by atoms with Gasteiger partial charge in [-0.05, 0) is 32.0 Å². The van der Waals surface area contributed by atoms with Crippen molar-refractivity contribution < 1.29 is 9.21 Å². The van der Waals surface area contributed by atoms with E-state index in [0.717, 1.165) is 5.56 Å². The summed E-state index contributed by atoms with van der Waals surface area (Å²) in [5, 5.41) is 3.19. The number of hydrogen-bond acceptors (Lipinski definition) is 4. The standard InChI is InChI=1S/C15H19N3O2/c1-11(2)16-14-6-4-5-13(17-14)15(19)18(3)9-12-7-8-20-10-12/h4-8,10-11H,9H2,1-3H3,(H,16,17). The highest BCUT2D eigenvalue weighted by Gasteiger charge is 2.14. The van der Waals surface area contributed by atoms with Crippen molar-refractivity contribution in [3.63, 3.8) is 0 Å². The molecule has 0 atom stereocenters. The van der Waals surface area contributed by atoms with Gasteiger partial charge < -0.3 is 14.6 Å². The normalized spacial score (nSPS) is 10.6. The summed E-state index contributed by atoms with van der Waals surface area (Å²) in [6.45, 7) is 4.56. The molecule has 0 fully saturated rings. The number of nitrogens with one attached hydrogen (secondary N) is 1. The highest BCUT2D eigenvalue weighted by Crippen LogP contribution is 2.10. The monoisotopic (exact) mass is 273 g/mol. The molecule has 0 aliphatic heterocycles. The van der Waals surface area contributed by atoms with E-state index in [0.29, 0.717) is 18.1 Å². The van der Waals surface area contributed by atoms with Crippen LogP contribution in [0.1, 0.15) is 29.9 Å². The van der Waals surface area contributed by atoms with Gasteiger partial charge in [0.15, 0.2) is 0 Å². The number of carbonyl (C=O) groups excluding carboxylic acids is 1. The van der Waals surface area contributed by atoms with Crippen molar-refractivity contribution >= 4 is 11.7 Å². The molecule has 2 heterocycles. The fraction of sp³-hybridized carbons (Fsp3) is 0.333. The van der Waals surface area contributed by atoms with E-state index in [4.69, 9.17) is 4.42 Å². The van der Waals surface area contributed by atoms with Gasteiger partial charge in [0.1, 0.15) is 11.5 Å². The van der Waals surface area contributed by atoms with Crippen molar-refractivity contribution in [2.24, 2.45) is 0 Å². The van der Waals surface area contributed by atoms with Crippen LogP contribution < -0.4 is 5.32 Å². The first-order valence-corrected chi connectivity index (χ1v) is 6.56. The summed E-state index contributed by atoms with van der Waals surface area (Å²) in [5.74, 6) is 0.598. The van der Waals surface area contributed by atoms with E-state index in [1.165, 1.54) is 0 Å². The van der Waals surface area contributed by atoms with Crippen LogP contribution in [0.5, 0.6) is 0 Å². The highest BCUT2D eigenvalue weighted by molar-refractivity contribution is 5.92. The minimum absolute atomic E-state index is 0.112. The van der Waals surface area contributed by atoms with Crippen LogP contribution in [0, 0.1) is 0 Å². The second-order valence-corrected chi connectivity index (χ2v) is 5.00. The summed E-state index contributed by atoms with van der Waals surface area (Å²) in [7, 11) is 1.75. The topological polar surface area (TPSA) is 58.4 Å². The largest absolute Gasteiger partial charge is 0.472 e. The molecule has 0 unspecified atom stereocenters. The number of aromatic nitrogens is 1. The molecular formula is C15H19N3O2. The minimum atomic E-state index is -0.112. The molecule has 0 saturated heterocycles. The van der Waals surface area contributed by atoms with Crippen molar-refractivity contribution in [3.05, 3.63) is 48.0 Å². The van der Waals surface area contributed by atoms with E-state index < -0.39 is 0 Å². The number of anilines is 1. The van der Waals surface area contributed by atoms with Crippen LogP contribution in [0.4, 0.5) is 5.82 Å². The van der Waals surface area contributed by atoms with Crippen molar-refractivity contribution in [2.45, 2.75) is 26.4 Å². The number of carbonyl (C=O) groups is 1. The Balaban J connectivity index is 2.08. The summed E-state index contributed by atoms with van der Waals surface area (Å²) in [6, 6.07) is 7.52. The first-order valence-electron chi connectivity index (χ1n) is 6.56. The maximum Gasteiger partial charge on any atom is 0.272 e. The Kier molecular flexibility index (Phi) is 4.40. The molecule has 1 N–H and O–H groups in total. The van der Waals surface area contributed by atoms with Gasteiger partial charge in [-0.25, -0.2) is 4.98 Å². The van der Waals surface area contributed by atoms with Crippen LogP contribution in [0.25, 0.3) is 0 Å². The number of amides is 1. The van der Waals surface area contributed by atoms with Crippen LogP contribution in [0.15, 0.2) is 41.2 Å². The molecule has 0 saturated carbocycles. The van der Waals surface area contributed by atoms with Crippen molar-refractivity contribution in [2.75, 3.05) is 12.4 Å². The van der Waals surface area contributed by atoms with Gasteiger partial charge in [-0.15, -0.1) is 0 Å². The lowest BCUT2D eigenvalue weighted by Gasteiger charge is -2.16. The quantitative estimate of drug-likeness (QED) is 0.910. The highest BCUT2D eigenvalue weighted by atomic mass is 16.3. The summed E-state index contributed by atoms with van der Waals surface area (Å²) in [6.07, 6.45) is 3.23. The Morgan fingerprint density at radius 1 is 1.40 bits per heavy atom. The summed E-state index contributed by atoms with van der Waals surface area (Å²) >= 11 is 0. The molecule has 106 valence electrons. The number of hydrogen-bond donors (Lipinski definition) is 1. The molecule has 0 aliphatic carbocycles. The van der Waals surface area contributed by atoms with Gasteiger partial charge >= 0.3 is 0 Å². The molecule has 0 spiro atoms. The Hall–Kier alpha value is -2.30. The maximum absolute atomic E-state index is 12.3. The molecule has 5 nitrogen and oxygen atoms in total. The van der Waals surface area contributed by atoms with E-state index in [2.05, 4.69) is 10.3 Å². The first kappa shape index (κ1) is 14.1. The maximum atomic E-state index is 12.3. The second kappa shape index (κ2) is 6.23. The molecule has 20 heavy (non-hydrogen) atoms. The third-order valence-electron chi connectivity index (χ3n) is 2.75. The summed E-state index contributed by atoms with van der Waals surface area (Å²) in [4.78, 5) is 18.3. The van der Waals surface area contributed by atoms with Crippen LogP contribution in [0.2, 0.25) is 0 Å². The lowest BCUT2D eigenvalue weighted by molar-refractivity contribution is 0.0779. The summed E-state index contributed by atoms with van der Waals surface area (Å²) in [5.41, 5.74) is 1.39. The van der Waals surface area contributed by atoms with Gasteiger partial charge in [0.25, 0.3) is 5.91 Å². The van der Waals surface area contributed by atoms with Crippen LogP contribution in [-0.2, 0) is 6.54 Å². The van der Waals surface area contributed by atoms with E-state index in [1.54, 1.807) is 30.5 Å². The third kappa shape index (κ3) is 3.60. The zero-order valence-electron chi connectivity index (χ0n) is 12.0. The van der Waals surface area contributed by atoms with Gasteiger partial charge in [-0.2, -0.15) is 0 Å². The molecule has 2 aromatic heterocycles. The van der Waals surface area contributed by atoms with Crippen molar-refractivity contribution in [3.8, 4) is 0 Å². The molecule has 0 aliphatic rings. The molecular weight excluding hydrogens is 254 g/mol. The van der Waals surface area contributed by atoms with E-state index in [-0.39, 0.29) is 11.9 Å². The number of furan rings is 1. The molecule has 0 bridgehead atoms. The Morgan fingerprint density at radius 3 is 2.85 bits per heavy atom. The Labute approximate surface area is 118 Å². The van der Waals surface area contributed by atoms with E-state index in [1.807, 2.05) is 32.0 Å². The molecule has 5 heteroatoms. The van der Waals surface area contributed by atoms with Crippen LogP contribution >= 0.6 is 0 Å². The molecule has 2 aromatic rings. The second-order valence-electron chi connectivity index (χ2n) is 5.00. The van der Waals surface area contributed by atoms with Gasteiger partial charge in [0.2, 0.25) is 0 Å². The zero-order chi connectivity index (χ0) is 14.5. The fourth-order valence-electron chi connectivity index (χ4n) is 1.85. The number of nitrogens with zero attached hydrogens (tertiary/aromatic N) is 2. The Bertz CT molecular complexity index is 564. The molecule has 0 radical (unpaired) electrons. The number of rotatable bonds is 5. The average Bonchev–Trinajstić information content (AvgIpc) is 2.90. The predicted octanol–water partition coefficient (Wildman–Crippen LogP) is 2.77. The average molecular weight is 273 g/mol. The van der Waals surface area contributed by atoms with Gasteiger partial charge in [-0.1, -0.05) is 6.07 Å². The lowest BCUT2D eigenvalue weighted by Crippen LogP contribution is -2.27. The van der Waals surface area contributed by atoms with Gasteiger partial charge in [-0.3, -0.25) is 4.79 Å². The van der Waals surface area contributed by atoms with E-state index in [9.17, 15) is 4.79 Å². The van der Waals surface area contributed by atoms with Crippen molar-refractivity contribution in [1.82, 2.24) is 9.88 Å². The van der Waals surface area contributed by atoms with Crippen LogP contribution in [-0.4, -0.2) is 28.9 Å². The third-order valence-corrected chi connectivity index (χ3v) is 2.75. The molecule has 1 amide bonds. The van der Waals surface area contributed by atoms with Gasteiger partial charge in [0, 0.05) is 25.2 Å². The van der Waals surface area contributed by atoms with Crippen molar-refractivity contribution in [1.29, 1.82) is 0 Å². The minimum Gasteiger partial charge on any atom is -0.472 e. The first-order chi connectivity index (χ1) is 9.56. The zero-order valence-corrected chi connectivity index (χ0v) is 12.0. The van der Waals surface area contributed by atoms with Crippen LogP contribution in [0.3, 0.4) is 0 Å². The van der Waals surface area contributed by atoms with E-state index >= 15 is 0 Å². The molecule has 2 rings (SSSR count). The SMILES string of the molecule is CC(C)Nc1cccc(C(=O)N(C)Cc2ccoc2)n1. The Morgan fingerprint density at radius 2 is 2.20 bits per heavy atom. The molecule has 0 aromatic carbocycles. The van der Waals surface area contributed by atoms with Gasteiger partial charge in [0.05, 0.1) is 12.5 Å². The summed E-state index contributed by atoms with van der Waals surface area (Å²) < 4.78 is 5.00. The number of pyridine rings is 1. The lowest BCUT2D eigenvalue weighted by atomic mass is 10.2. The predicted molar refractivity (Wildman–Crippen MR) is 77.5 cm³/mol. The smallest absolute Gasteiger partial charge is 0.272 e.